The van der Waals surface area contributed by atoms with Gasteiger partial charge in [0, 0.05) is 19.8 Å². The minimum atomic E-state index is -0.791. The molecule has 6 heteroatoms. The van der Waals surface area contributed by atoms with Gasteiger partial charge in [-0.3, -0.25) is 14.4 Å². The largest absolute Gasteiger partial charge is 0.462 e. The predicted molar refractivity (Wildman–Crippen MR) is 152 cm³/mol. The second-order valence-electron chi connectivity index (χ2n) is 8.21. The van der Waals surface area contributed by atoms with Gasteiger partial charge in [0.1, 0.15) is 13.2 Å². The fourth-order valence-corrected chi connectivity index (χ4v) is 2.67. The Bertz CT molecular complexity index is 715. The predicted octanol–water partition coefficient (Wildman–Crippen LogP) is 7.75. The third-order valence-electron chi connectivity index (χ3n) is 4.60. The van der Waals surface area contributed by atoms with Gasteiger partial charge in [0.25, 0.3) is 0 Å². The Labute approximate surface area is 225 Å². The fourth-order valence-electron chi connectivity index (χ4n) is 2.67. The zero-order valence-electron chi connectivity index (χ0n) is 23.8. The van der Waals surface area contributed by atoms with Crippen LogP contribution in [0, 0.1) is 0 Å². The summed E-state index contributed by atoms with van der Waals surface area (Å²) in [5.41, 5.74) is 0. The number of carbonyl (C=O) groups excluding carboxylic acids is 3. The molecule has 0 aliphatic carbocycles. The van der Waals surface area contributed by atoms with E-state index in [-0.39, 0.29) is 32.0 Å². The van der Waals surface area contributed by atoms with E-state index >= 15 is 0 Å². The molecule has 0 aromatic heterocycles. The number of hydrogen-bond acceptors (Lipinski definition) is 6. The van der Waals surface area contributed by atoms with Gasteiger partial charge in [-0.05, 0) is 51.9 Å². The molecule has 1 unspecified atom stereocenters. The fraction of sp³-hybridized carbons (Fsp3) is 0.581. The third kappa shape index (κ3) is 31.1. The lowest BCUT2D eigenvalue weighted by atomic mass is 10.2. The van der Waals surface area contributed by atoms with E-state index in [9.17, 15) is 14.4 Å². The summed E-state index contributed by atoms with van der Waals surface area (Å²) in [4.78, 5) is 34.5. The Morgan fingerprint density at radius 3 is 1.76 bits per heavy atom. The van der Waals surface area contributed by atoms with Crippen molar-refractivity contribution in [3.63, 3.8) is 0 Å². The van der Waals surface area contributed by atoms with Gasteiger partial charge in [-0.2, -0.15) is 0 Å². The number of rotatable bonds is 19. The molecule has 0 bridgehead atoms. The van der Waals surface area contributed by atoms with Crippen LogP contribution in [0.4, 0.5) is 0 Å². The Kier molecular flexibility index (Phi) is 28.8. The topological polar surface area (TPSA) is 78.9 Å². The zero-order valence-corrected chi connectivity index (χ0v) is 23.8. The van der Waals surface area contributed by atoms with Crippen molar-refractivity contribution in [1.82, 2.24) is 0 Å². The Morgan fingerprint density at radius 1 is 0.649 bits per heavy atom. The molecule has 1 atom stereocenters. The summed E-state index contributed by atoms with van der Waals surface area (Å²) in [5.74, 6) is -1.27. The monoisotopic (exact) mass is 518 g/mol. The van der Waals surface area contributed by atoms with E-state index in [1.807, 2.05) is 38.2 Å². The van der Waals surface area contributed by atoms with E-state index < -0.39 is 18.0 Å². The molecule has 0 amide bonds. The molecule has 0 aliphatic rings. The summed E-state index contributed by atoms with van der Waals surface area (Å²) in [6.07, 6.45) is 28.0. The van der Waals surface area contributed by atoms with Gasteiger partial charge >= 0.3 is 17.9 Å². The number of carbonyl (C=O) groups is 3. The molecular formula is C31H50O6. The molecule has 210 valence electrons. The van der Waals surface area contributed by atoms with Crippen LogP contribution in [0.2, 0.25) is 0 Å². The molecule has 0 saturated carbocycles. The van der Waals surface area contributed by atoms with Crippen LogP contribution in [0.5, 0.6) is 0 Å². The van der Waals surface area contributed by atoms with Crippen molar-refractivity contribution >= 4 is 17.9 Å². The first-order valence-electron chi connectivity index (χ1n) is 13.6. The van der Waals surface area contributed by atoms with Gasteiger partial charge in [-0.1, -0.05) is 88.0 Å². The third-order valence-corrected chi connectivity index (χ3v) is 4.60. The second-order valence-corrected chi connectivity index (χ2v) is 8.21. The van der Waals surface area contributed by atoms with Gasteiger partial charge in [0.2, 0.25) is 0 Å². The minimum absolute atomic E-state index is 0.124. The maximum atomic E-state index is 11.8. The van der Waals surface area contributed by atoms with Crippen molar-refractivity contribution in [2.45, 2.75) is 105 Å². The first-order valence-corrected chi connectivity index (χ1v) is 13.6. The van der Waals surface area contributed by atoms with Crippen molar-refractivity contribution in [2.75, 3.05) is 13.2 Å². The van der Waals surface area contributed by atoms with Crippen LogP contribution in [0.3, 0.4) is 0 Å². The lowest BCUT2D eigenvalue weighted by Crippen LogP contribution is -2.30. The van der Waals surface area contributed by atoms with Crippen LogP contribution in [0.25, 0.3) is 0 Å². The maximum absolute atomic E-state index is 11.8. The summed E-state index contributed by atoms with van der Waals surface area (Å²) in [6, 6.07) is 0. The standard InChI is InChI=1S/C20H32O6.C11H18/c1-4-6-8-10-12-13-19(22)25-16-18(15-24-17(3)21)26-20(23)14-11-9-7-5-2;1-3-5-7-9-11-10-8-6-4-2/h7-10,18H,4-6,11-16H2,1-3H3;3,5-6,8-9,11H,4,7,10H2,1-2H3/b9-7-,10-8-;5-3-,8-6-,11-9-. The summed E-state index contributed by atoms with van der Waals surface area (Å²) >= 11 is 0. The van der Waals surface area contributed by atoms with Crippen LogP contribution in [-0.4, -0.2) is 37.2 Å². The first kappa shape index (κ1) is 36.3. The molecule has 37 heavy (non-hydrogen) atoms. The summed E-state index contributed by atoms with van der Waals surface area (Å²) < 4.78 is 15.3. The lowest BCUT2D eigenvalue weighted by Gasteiger charge is -2.17. The Hall–Kier alpha value is -2.89. The maximum Gasteiger partial charge on any atom is 0.306 e. The smallest absolute Gasteiger partial charge is 0.306 e. The van der Waals surface area contributed by atoms with Gasteiger partial charge in [0.15, 0.2) is 6.10 Å². The second kappa shape index (κ2) is 29.3. The van der Waals surface area contributed by atoms with Crippen molar-refractivity contribution in [2.24, 2.45) is 0 Å². The van der Waals surface area contributed by atoms with Crippen LogP contribution in [0.15, 0.2) is 60.8 Å². The van der Waals surface area contributed by atoms with Gasteiger partial charge in [0.05, 0.1) is 0 Å². The highest BCUT2D eigenvalue weighted by atomic mass is 16.6. The highest BCUT2D eigenvalue weighted by Gasteiger charge is 2.18. The molecule has 0 radical (unpaired) electrons. The number of esters is 3. The molecule has 0 heterocycles. The van der Waals surface area contributed by atoms with Gasteiger partial charge in [-0.25, -0.2) is 0 Å². The number of unbranched alkanes of at least 4 members (excludes halogenated alkanes) is 1. The highest BCUT2D eigenvalue weighted by Crippen LogP contribution is 2.04. The van der Waals surface area contributed by atoms with Gasteiger partial charge in [-0.15, -0.1) is 0 Å². The first-order chi connectivity index (χ1) is 17.9. The lowest BCUT2D eigenvalue weighted by molar-refractivity contribution is -0.166. The van der Waals surface area contributed by atoms with Crippen molar-refractivity contribution < 1.29 is 28.6 Å². The molecule has 0 saturated heterocycles. The summed E-state index contributed by atoms with van der Waals surface area (Å²) in [7, 11) is 0. The number of allylic oxidation sites excluding steroid dienone is 10. The summed E-state index contributed by atoms with van der Waals surface area (Å²) in [5, 5.41) is 0. The van der Waals surface area contributed by atoms with E-state index in [0.29, 0.717) is 12.8 Å². The van der Waals surface area contributed by atoms with E-state index in [2.05, 4.69) is 50.3 Å². The average Bonchev–Trinajstić information content (AvgIpc) is 2.88. The van der Waals surface area contributed by atoms with E-state index in [1.165, 1.54) is 6.92 Å². The van der Waals surface area contributed by atoms with Crippen molar-refractivity contribution in [3.05, 3.63) is 60.8 Å². The number of ether oxygens (including phenoxy) is 3. The molecule has 0 N–H and O–H groups in total. The SMILES string of the molecule is C/C=C\C/C=C\C/C=C\CC.CC/C=C\CCC(=O)OC(COC(C)=O)COC(=O)CC/C=C\CCC. The molecule has 0 spiro atoms. The molecule has 0 aliphatic heterocycles. The number of hydrogen-bond donors (Lipinski definition) is 0. The normalized spacial score (nSPS) is 12.4. The van der Waals surface area contributed by atoms with Crippen LogP contribution in [0.1, 0.15) is 98.8 Å². The van der Waals surface area contributed by atoms with Crippen LogP contribution < -0.4 is 0 Å². The van der Waals surface area contributed by atoms with Gasteiger partial charge < -0.3 is 14.2 Å². The highest BCUT2D eigenvalue weighted by molar-refractivity contribution is 5.70. The Morgan fingerprint density at radius 2 is 1.16 bits per heavy atom. The van der Waals surface area contributed by atoms with Crippen LogP contribution >= 0.6 is 0 Å². The van der Waals surface area contributed by atoms with Crippen molar-refractivity contribution in [1.29, 1.82) is 0 Å². The van der Waals surface area contributed by atoms with E-state index in [1.54, 1.807) is 0 Å². The molecule has 0 aromatic rings. The van der Waals surface area contributed by atoms with E-state index in [4.69, 9.17) is 14.2 Å². The molecule has 0 aromatic carbocycles. The van der Waals surface area contributed by atoms with Crippen LogP contribution in [-0.2, 0) is 28.6 Å². The molecular weight excluding hydrogens is 468 g/mol. The molecule has 6 nitrogen and oxygen atoms in total. The Balaban J connectivity index is 0. The molecule has 0 rings (SSSR count). The molecule has 0 fully saturated rings. The zero-order chi connectivity index (χ0) is 28.0. The summed E-state index contributed by atoms with van der Waals surface area (Å²) in [6.45, 7) is 9.31. The van der Waals surface area contributed by atoms with E-state index in [0.717, 1.165) is 38.5 Å². The quantitative estimate of drug-likeness (QED) is 0.0988. The average molecular weight is 519 g/mol. The minimum Gasteiger partial charge on any atom is -0.462 e. The van der Waals surface area contributed by atoms with Crippen molar-refractivity contribution in [3.8, 4) is 0 Å².